The summed E-state index contributed by atoms with van der Waals surface area (Å²) in [5, 5.41) is 3.47. The van der Waals surface area contributed by atoms with Gasteiger partial charge in [0.05, 0.1) is 15.6 Å². The summed E-state index contributed by atoms with van der Waals surface area (Å²) < 4.78 is 28.0. The molecule has 0 aliphatic carbocycles. The summed E-state index contributed by atoms with van der Waals surface area (Å²) in [4.78, 5) is 0.151. The first-order valence-electron chi connectivity index (χ1n) is 6.14. The van der Waals surface area contributed by atoms with Crippen LogP contribution in [0, 0.1) is 0 Å². The predicted molar refractivity (Wildman–Crippen MR) is 89.2 cm³/mol. The highest BCUT2D eigenvalue weighted by Crippen LogP contribution is 2.27. The quantitative estimate of drug-likeness (QED) is 0.821. The molecule has 0 aliphatic rings. The van der Waals surface area contributed by atoms with Crippen molar-refractivity contribution in [1.82, 2.24) is 5.32 Å². The van der Waals surface area contributed by atoms with E-state index in [4.69, 9.17) is 11.6 Å². The van der Waals surface area contributed by atoms with Crippen LogP contribution >= 0.6 is 27.5 Å². The second kappa shape index (κ2) is 6.79. The highest BCUT2D eigenvalue weighted by molar-refractivity contribution is 9.10. The molecule has 2 rings (SSSR count). The van der Waals surface area contributed by atoms with Gasteiger partial charge in [-0.05, 0) is 52.8 Å². The van der Waals surface area contributed by atoms with Crippen LogP contribution in [0.2, 0.25) is 5.02 Å². The summed E-state index contributed by atoms with van der Waals surface area (Å²) in [5.41, 5.74) is 1.43. The van der Waals surface area contributed by atoms with Gasteiger partial charge in [-0.15, -0.1) is 0 Å². The zero-order valence-corrected chi connectivity index (χ0v) is 14.4. The van der Waals surface area contributed by atoms with Gasteiger partial charge in [-0.3, -0.25) is 4.72 Å². The number of para-hydroxylation sites is 1. The molecule has 112 valence electrons. The third-order valence-corrected chi connectivity index (χ3v) is 5.41. The summed E-state index contributed by atoms with van der Waals surface area (Å²) in [7, 11) is -1.85. The van der Waals surface area contributed by atoms with Crippen LogP contribution in [0.3, 0.4) is 0 Å². The molecule has 0 heterocycles. The van der Waals surface area contributed by atoms with Gasteiger partial charge in [-0.1, -0.05) is 29.8 Å². The van der Waals surface area contributed by atoms with Crippen LogP contribution in [0.4, 0.5) is 5.69 Å². The Kier molecular flexibility index (Phi) is 5.27. The zero-order valence-electron chi connectivity index (χ0n) is 11.2. The number of anilines is 1. The van der Waals surface area contributed by atoms with Gasteiger partial charge in [0, 0.05) is 11.0 Å². The monoisotopic (exact) mass is 388 g/mol. The van der Waals surface area contributed by atoms with E-state index in [0.29, 0.717) is 21.7 Å². The molecule has 21 heavy (non-hydrogen) atoms. The van der Waals surface area contributed by atoms with E-state index in [1.54, 1.807) is 18.2 Å². The van der Waals surface area contributed by atoms with E-state index in [1.165, 1.54) is 12.1 Å². The SMILES string of the molecule is CNCc1ccccc1NS(=O)(=O)c1ccc(Cl)c(Br)c1. The molecule has 0 bridgehead atoms. The molecular weight excluding hydrogens is 376 g/mol. The lowest BCUT2D eigenvalue weighted by atomic mass is 10.2. The van der Waals surface area contributed by atoms with E-state index < -0.39 is 10.0 Å². The number of benzene rings is 2. The van der Waals surface area contributed by atoms with Gasteiger partial charge in [0.1, 0.15) is 0 Å². The standard InChI is InChI=1S/C14H14BrClN2O2S/c1-17-9-10-4-2-3-5-14(10)18-21(19,20)11-6-7-13(16)12(15)8-11/h2-8,17-18H,9H2,1H3. The van der Waals surface area contributed by atoms with Crippen molar-refractivity contribution in [2.75, 3.05) is 11.8 Å². The third kappa shape index (κ3) is 3.97. The van der Waals surface area contributed by atoms with Crippen molar-refractivity contribution in [3.63, 3.8) is 0 Å². The highest BCUT2D eigenvalue weighted by Gasteiger charge is 2.16. The summed E-state index contributed by atoms with van der Waals surface area (Å²) in [5.74, 6) is 0. The van der Waals surface area contributed by atoms with Gasteiger partial charge in [0.2, 0.25) is 0 Å². The maximum Gasteiger partial charge on any atom is 0.261 e. The van der Waals surface area contributed by atoms with Crippen molar-refractivity contribution in [1.29, 1.82) is 0 Å². The first-order chi connectivity index (χ1) is 9.94. The molecule has 4 nitrogen and oxygen atoms in total. The van der Waals surface area contributed by atoms with Crippen molar-refractivity contribution in [3.8, 4) is 0 Å². The Bertz CT molecular complexity index is 750. The van der Waals surface area contributed by atoms with Crippen molar-refractivity contribution >= 4 is 43.2 Å². The lowest BCUT2D eigenvalue weighted by molar-refractivity contribution is 0.601. The average molecular weight is 390 g/mol. The fourth-order valence-electron chi connectivity index (χ4n) is 1.81. The Morgan fingerprint density at radius 3 is 2.57 bits per heavy atom. The minimum absolute atomic E-state index is 0.151. The van der Waals surface area contributed by atoms with Crippen LogP contribution in [0.5, 0.6) is 0 Å². The van der Waals surface area contributed by atoms with Crippen LogP contribution in [-0.4, -0.2) is 15.5 Å². The Morgan fingerprint density at radius 1 is 1.19 bits per heavy atom. The molecule has 0 saturated heterocycles. The van der Waals surface area contributed by atoms with Crippen LogP contribution in [0.1, 0.15) is 5.56 Å². The van der Waals surface area contributed by atoms with Crippen LogP contribution in [0.15, 0.2) is 51.8 Å². The molecule has 0 spiro atoms. The van der Waals surface area contributed by atoms with Gasteiger partial charge in [0.25, 0.3) is 10.0 Å². The first kappa shape index (κ1) is 16.3. The summed E-state index contributed by atoms with van der Waals surface area (Å²) in [6, 6.07) is 11.7. The van der Waals surface area contributed by atoms with Gasteiger partial charge in [0.15, 0.2) is 0 Å². The minimum atomic E-state index is -3.66. The van der Waals surface area contributed by atoms with Gasteiger partial charge in [-0.25, -0.2) is 8.42 Å². The Balaban J connectivity index is 2.35. The maximum absolute atomic E-state index is 12.4. The largest absolute Gasteiger partial charge is 0.316 e. The maximum atomic E-state index is 12.4. The molecule has 2 aromatic carbocycles. The normalized spacial score (nSPS) is 11.4. The van der Waals surface area contributed by atoms with Crippen molar-refractivity contribution in [2.45, 2.75) is 11.4 Å². The summed E-state index contributed by atoms with van der Waals surface area (Å²) in [6.07, 6.45) is 0. The predicted octanol–water partition coefficient (Wildman–Crippen LogP) is 3.62. The van der Waals surface area contributed by atoms with E-state index in [1.807, 2.05) is 19.2 Å². The number of nitrogens with one attached hydrogen (secondary N) is 2. The molecule has 0 radical (unpaired) electrons. The topological polar surface area (TPSA) is 58.2 Å². The molecule has 7 heteroatoms. The average Bonchev–Trinajstić information content (AvgIpc) is 2.44. The zero-order chi connectivity index (χ0) is 15.5. The molecule has 0 unspecified atom stereocenters. The lowest BCUT2D eigenvalue weighted by Gasteiger charge is -2.12. The van der Waals surface area contributed by atoms with Crippen LogP contribution < -0.4 is 10.0 Å². The highest BCUT2D eigenvalue weighted by atomic mass is 79.9. The number of hydrogen-bond donors (Lipinski definition) is 2. The fourth-order valence-corrected chi connectivity index (χ4v) is 3.59. The van der Waals surface area contributed by atoms with E-state index >= 15 is 0 Å². The van der Waals surface area contributed by atoms with Crippen molar-refractivity contribution in [2.24, 2.45) is 0 Å². The smallest absolute Gasteiger partial charge is 0.261 e. The van der Waals surface area contributed by atoms with Crippen molar-refractivity contribution in [3.05, 3.63) is 57.5 Å². The first-order valence-corrected chi connectivity index (χ1v) is 8.80. The molecule has 0 atom stereocenters. The van der Waals surface area contributed by atoms with Crippen LogP contribution in [-0.2, 0) is 16.6 Å². The number of sulfonamides is 1. The minimum Gasteiger partial charge on any atom is -0.316 e. The Hall–Kier alpha value is -1.08. The third-order valence-electron chi connectivity index (χ3n) is 2.83. The second-order valence-corrected chi connectivity index (χ2v) is 7.31. The van der Waals surface area contributed by atoms with E-state index in [0.717, 1.165) is 5.56 Å². The van der Waals surface area contributed by atoms with Gasteiger partial charge >= 0.3 is 0 Å². The molecule has 0 aromatic heterocycles. The number of hydrogen-bond acceptors (Lipinski definition) is 3. The summed E-state index contributed by atoms with van der Waals surface area (Å²) >= 11 is 9.12. The molecule has 0 fully saturated rings. The molecule has 0 amide bonds. The van der Waals surface area contributed by atoms with Gasteiger partial charge in [-0.2, -0.15) is 0 Å². The Labute approximate surface area is 137 Å². The molecule has 2 aromatic rings. The number of halogens is 2. The molecular formula is C14H14BrClN2O2S. The van der Waals surface area contributed by atoms with E-state index in [-0.39, 0.29) is 4.90 Å². The van der Waals surface area contributed by atoms with Gasteiger partial charge < -0.3 is 5.32 Å². The molecule has 0 saturated carbocycles. The molecule has 0 aliphatic heterocycles. The Morgan fingerprint density at radius 2 is 1.90 bits per heavy atom. The van der Waals surface area contributed by atoms with Crippen LogP contribution in [0.25, 0.3) is 0 Å². The van der Waals surface area contributed by atoms with E-state index in [2.05, 4.69) is 26.0 Å². The van der Waals surface area contributed by atoms with E-state index in [9.17, 15) is 8.42 Å². The van der Waals surface area contributed by atoms with Crippen molar-refractivity contribution < 1.29 is 8.42 Å². The fraction of sp³-hybridized carbons (Fsp3) is 0.143. The second-order valence-electron chi connectivity index (χ2n) is 4.37. The lowest BCUT2D eigenvalue weighted by Crippen LogP contribution is -2.16. The summed E-state index contributed by atoms with van der Waals surface area (Å²) in [6.45, 7) is 0.572. The number of rotatable bonds is 5. The molecule has 2 N–H and O–H groups in total.